The van der Waals surface area contributed by atoms with E-state index >= 15 is 0 Å². The lowest BCUT2D eigenvalue weighted by molar-refractivity contribution is -0.125. The van der Waals surface area contributed by atoms with Crippen molar-refractivity contribution in [3.8, 4) is 5.75 Å². The fourth-order valence-electron chi connectivity index (χ4n) is 3.99. The number of benzene rings is 1. The summed E-state index contributed by atoms with van der Waals surface area (Å²) in [6, 6.07) is 4.31. The number of hydrogen-bond donors (Lipinski definition) is 2. The average Bonchev–Trinajstić information content (AvgIpc) is 2.47. The maximum Gasteiger partial charge on any atom is 0.258 e. The van der Waals surface area contributed by atoms with Gasteiger partial charge >= 0.3 is 0 Å². The molecule has 0 heterocycles. The van der Waals surface area contributed by atoms with Crippen molar-refractivity contribution in [2.45, 2.75) is 44.2 Å². The van der Waals surface area contributed by atoms with Gasteiger partial charge < -0.3 is 15.8 Å². The number of rotatable bonds is 4. The quantitative estimate of drug-likeness (QED) is 0.885. The second kappa shape index (κ2) is 7.05. The van der Waals surface area contributed by atoms with E-state index < -0.39 is 5.82 Å². The average molecular weight is 341 g/mol. The summed E-state index contributed by atoms with van der Waals surface area (Å²) in [6.07, 6.45) is 5.42. The second-order valence-corrected chi connectivity index (χ2v) is 7.05. The maximum atomic E-state index is 13.0. The fraction of sp³-hybridized carbons (Fsp3) is 0.588. The number of nitrogens with one attached hydrogen (secondary N) is 1. The molecule has 6 heteroatoms. The largest absolute Gasteiger partial charge is 0.482 e. The highest BCUT2D eigenvalue weighted by atomic mass is 35.5. The van der Waals surface area contributed by atoms with Crippen LogP contribution < -0.4 is 15.8 Å². The summed E-state index contributed by atoms with van der Waals surface area (Å²) in [5.41, 5.74) is 6.10. The molecule has 0 spiro atoms. The van der Waals surface area contributed by atoms with E-state index in [1.54, 1.807) is 0 Å². The number of carbonyl (C=O) groups excluding carboxylic acids is 1. The molecule has 2 aliphatic carbocycles. The number of nitrogens with two attached hydrogens (primary N) is 1. The third kappa shape index (κ3) is 3.96. The molecule has 0 saturated heterocycles. The molecule has 2 saturated carbocycles. The van der Waals surface area contributed by atoms with Crippen LogP contribution in [0.15, 0.2) is 18.2 Å². The molecule has 4 nitrogen and oxygen atoms in total. The van der Waals surface area contributed by atoms with E-state index in [4.69, 9.17) is 22.1 Å². The van der Waals surface area contributed by atoms with Gasteiger partial charge in [0.25, 0.3) is 5.91 Å². The normalized spacial score (nSPS) is 29.9. The number of fused-ring (bicyclic) bond motifs is 2. The zero-order chi connectivity index (χ0) is 16.4. The summed E-state index contributed by atoms with van der Waals surface area (Å²) in [6.45, 7) is -0.118. The summed E-state index contributed by atoms with van der Waals surface area (Å²) in [5.74, 6) is 0.654. The highest BCUT2D eigenvalue weighted by Crippen LogP contribution is 2.39. The molecular formula is C17H22ClFN2O2. The van der Waals surface area contributed by atoms with Gasteiger partial charge in [-0.25, -0.2) is 4.39 Å². The number of ether oxygens (including phenoxy) is 1. The van der Waals surface area contributed by atoms with Crippen LogP contribution in [0.1, 0.15) is 32.1 Å². The minimum atomic E-state index is -0.432. The molecule has 1 aromatic carbocycles. The van der Waals surface area contributed by atoms with Gasteiger partial charge in [0.1, 0.15) is 11.6 Å². The topological polar surface area (TPSA) is 64.3 Å². The summed E-state index contributed by atoms with van der Waals surface area (Å²) in [7, 11) is 0. The van der Waals surface area contributed by atoms with Crippen molar-refractivity contribution in [3.63, 3.8) is 0 Å². The van der Waals surface area contributed by atoms with Gasteiger partial charge in [-0.05, 0) is 55.7 Å². The zero-order valence-electron chi connectivity index (χ0n) is 12.9. The molecule has 1 amide bonds. The Hall–Kier alpha value is -1.33. The van der Waals surface area contributed by atoms with E-state index in [0.29, 0.717) is 17.6 Å². The van der Waals surface area contributed by atoms with Crippen LogP contribution in [0.3, 0.4) is 0 Å². The molecule has 3 rings (SSSR count). The van der Waals surface area contributed by atoms with E-state index in [1.165, 1.54) is 24.6 Å². The predicted octanol–water partition coefficient (Wildman–Crippen LogP) is 2.88. The second-order valence-electron chi connectivity index (χ2n) is 6.64. The molecule has 0 aromatic heterocycles. The maximum absolute atomic E-state index is 13.0. The number of carbonyl (C=O) groups is 1. The van der Waals surface area contributed by atoms with Crippen LogP contribution in [-0.2, 0) is 4.79 Å². The standard InChI is InChI=1S/C17H22ClFN2O2/c18-14-8-12(19)4-5-15(14)23-9-16(22)21-17-10-2-1-3-11(17)7-13(20)6-10/h4-5,8,10-11,13,17H,1-3,6-7,9,20H2,(H,21,22). The first-order valence-corrected chi connectivity index (χ1v) is 8.53. The Balaban J connectivity index is 1.55. The molecule has 3 N–H and O–H groups in total. The van der Waals surface area contributed by atoms with Crippen molar-refractivity contribution in [1.82, 2.24) is 5.32 Å². The van der Waals surface area contributed by atoms with Crippen molar-refractivity contribution < 1.29 is 13.9 Å². The van der Waals surface area contributed by atoms with Crippen molar-refractivity contribution >= 4 is 17.5 Å². The highest BCUT2D eigenvalue weighted by molar-refractivity contribution is 6.32. The molecule has 2 aliphatic rings. The van der Waals surface area contributed by atoms with Crippen LogP contribution in [0.5, 0.6) is 5.75 Å². The molecular weight excluding hydrogens is 319 g/mol. The minimum Gasteiger partial charge on any atom is -0.482 e. The van der Waals surface area contributed by atoms with Crippen LogP contribution >= 0.6 is 11.6 Å². The Morgan fingerprint density at radius 1 is 1.35 bits per heavy atom. The lowest BCUT2D eigenvalue weighted by Gasteiger charge is -2.45. The zero-order valence-corrected chi connectivity index (χ0v) is 13.7. The first kappa shape index (κ1) is 16.5. The monoisotopic (exact) mass is 340 g/mol. The Morgan fingerprint density at radius 3 is 2.70 bits per heavy atom. The third-order valence-corrected chi connectivity index (χ3v) is 5.25. The van der Waals surface area contributed by atoms with Crippen molar-refractivity contribution in [1.29, 1.82) is 0 Å². The molecule has 1 aromatic rings. The first-order chi connectivity index (χ1) is 11.0. The van der Waals surface area contributed by atoms with Crippen LogP contribution in [-0.4, -0.2) is 24.6 Å². The highest BCUT2D eigenvalue weighted by Gasteiger charge is 2.39. The van der Waals surface area contributed by atoms with Crippen LogP contribution in [0.25, 0.3) is 0 Å². The van der Waals surface area contributed by atoms with Gasteiger partial charge in [0.15, 0.2) is 6.61 Å². The van der Waals surface area contributed by atoms with Crippen molar-refractivity contribution in [2.75, 3.05) is 6.61 Å². The first-order valence-electron chi connectivity index (χ1n) is 8.15. The molecule has 2 bridgehead atoms. The Morgan fingerprint density at radius 2 is 2.04 bits per heavy atom. The molecule has 23 heavy (non-hydrogen) atoms. The van der Waals surface area contributed by atoms with E-state index in [2.05, 4.69) is 5.32 Å². The number of halogens is 2. The van der Waals surface area contributed by atoms with Crippen molar-refractivity contribution in [3.05, 3.63) is 29.0 Å². The Labute approximate surface area is 140 Å². The Bertz CT molecular complexity index is 570. The van der Waals surface area contributed by atoms with E-state index in [-0.39, 0.29) is 29.6 Å². The number of amides is 1. The van der Waals surface area contributed by atoms with Gasteiger partial charge in [0.05, 0.1) is 5.02 Å². The van der Waals surface area contributed by atoms with Gasteiger partial charge in [-0.15, -0.1) is 0 Å². The van der Waals surface area contributed by atoms with Crippen LogP contribution in [0, 0.1) is 17.7 Å². The smallest absolute Gasteiger partial charge is 0.258 e. The summed E-state index contributed by atoms with van der Waals surface area (Å²) < 4.78 is 18.4. The third-order valence-electron chi connectivity index (χ3n) is 4.96. The molecule has 2 unspecified atom stereocenters. The van der Waals surface area contributed by atoms with E-state index in [9.17, 15) is 9.18 Å². The van der Waals surface area contributed by atoms with E-state index in [0.717, 1.165) is 25.7 Å². The molecule has 0 radical (unpaired) electrons. The van der Waals surface area contributed by atoms with Gasteiger partial charge in [-0.2, -0.15) is 0 Å². The number of hydrogen-bond acceptors (Lipinski definition) is 3. The summed E-state index contributed by atoms with van der Waals surface area (Å²) in [4.78, 5) is 12.2. The SMILES string of the molecule is NC1CC2CCCC(C1)C2NC(=O)COc1ccc(F)cc1Cl. The lowest BCUT2D eigenvalue weighted by Crippen LogP contribution is -2.54. The van der Waals surface area contributed by atoms with E-state index in [1.807, 2.05) is 0 Å². The molecule has 2 atom stereocenters. The Kier molecular flexibility index (Phi) is 5.07. The molecule has 2 fully saturated rings. The van der Waals surface area contributed by atoms with Gasteiger partial charge in [-0.1, -0.05) is 18.0 Å². The summed E-state index contributed by atoms with van der Waals surface area (Å²) >= 11 is 5.89. The van der Waals surface area contributed by atoms with Gasteiger partial charge in [0.2, 0.25) is 0 Å². The van der Waals surface area contributed by atoms with Crippen LogP contribution in [0.2, 0.25) is 5.02 Å². The molecule has 126 valence electrons. The van der Waals surface area contributed by atoms with Gasteiger partial charge in [-0.3, -0.25) is 4.79 Å². The molecule has 0 aliphatic heterocycles. The van der Waals surface area contributed by atoms with Gasteiger partial charge in [0, 0.05) is 12.1 Å². The lowest BCUT2D eigenvalue weighted by atomic mass is 9.67. The van der Waals surface area contributed by atoms with Crippen molar-refractivity contribution in [2.24, 2.45) is 17.6 Å². The van der Waals surface area contributed by atoms with Crippen LogP contribution in [0.4, 0.5) is 4.39 Å². The summed E-state index contributed by atoms with van der Waals surface area (Å²) in [5, 5.41) is 3.27. The predicted molar refractivity (Wildman–Crippen MR) is 86.9 cm³/mol. The minimum absolute atomic E-state index is 0.118. The fourth-order valence-corrected chi connectivity index (χ4v) is 4.21.